The molecule has 1 N–H and O–H groups in total. The Morgan fingerprint density at radius 3 is 2.53 bits per heavy atom. The normalized spacial score (nSPS) is 20.8. The molecule has 3 aromatic carbocycles. The number of carbonyl (C=O) groups is 2. The number of nitrogens with one attached hydrogen (secondary N) is 1. The first-order valence-electron chi connectivity index (χ1n) is 12.4. The zero-order chi connectivity index (χ0) is 25.1. The molecule has 0 aromatic heterocycles. The van der Waals surface area contributed by atoms with Gasteiger partial charge in [-0.3, -0.25) is 9.59 Å². The number of benzene rings is 3. The molecule has 3 aromatic rings. The maximum Gasteiger partial charge on any atom is 0.265 e. The largest absolute Gasteiger partial charge is 0.349 e. The number of hydrogen-bond donors (Lipinski definition) is 1. The van der Waals surface area contributed by atoms with Gasteiger partial charge in [0.05, 0.1) is 17.1 Å². The maximum absolute atomic E-state index is 13.5. The Balaban J connectivity index is 1.34. The number of fused-ring (bicyclic) bond motifs is 1. The van der Waals surface area contributed by atoms with E-state index in [0.717, 1.165) is 40.5 Å². The van der Waals surface area contributed by atoms with Crippen LogP contribution < -0.4 is 10.2 Å². The van der Waals surface area contributed by atoms with Crippen molar-refractivity contribution in [2.45, 2.75) is 50.1 Å². The predicted molar refractivity (Wildman–Crippen MR) is 148 cm³/mol. The Morgan fingerprint density at radius 1 is 1.03 bits per heavy atom. The second-order valence-corrected chi connectivity index (χ2v) is 11.2. The maximum atomic E-state index is 13.5. The van der Waals surface area contributed by atoms with Crippen LogP contribution in [0.4, 0.5) is 5.69 Å². The zero-order valence-corrected chi connectivity index (χ0v) is 21.8. The number of nitrogens with zero attached hydrogens (tertiary/aromatic N) is 1. The molecule has 0 atom stereocenters. The fourth-order valence-corrected chi connectivity index (χ4v) is 6.06. The van der Waals surface area contributed by atoms with E-state index < -0.39 is 0 Å². The molecular weight excluding hydrogens is 488 g/mol. The third-order valence-electron chi connectivity index (χ3n) is 6.88. The van der Waals surface area contributed by atoms with Crippen LogP contribution in [0, 0.1) is 5.92 Å². The number of carbonyl (C=O) groups excluding carboxylic acids is 2. The van der Waals surface area contributed by atoms with Crippen LogP contribution in [0.15, 0.2) is 82.6 Å². The second-order valence-electron chi connectivity index (χ2n) is 9.65. The van der Waals surface area contributed by atoms with Crippen LogP contribution in [0.1, 0.15) is 54.1 Å². The van der Waals surface area contributed by atoms with Gasteiger partial charge in [0.2, 0.25) is 0 Å². The van der Waals surface area contributed by atoms with Gasteiger partial charge < -0.3 is 10.2 Å². The van der Waals surface area contributed by atoms with Crippen molar-refractivity contribution in [3.05, 3.63) is 99.4 Å². The standard InChI is InChI=1S/C30H29ClN2O2S/c1-20-9-15-25(16-10-20)32-29(34)23-13-11-21(12-14-23)18-28-30(35)33(19-22-5-4-6-24(31)17-22)26-7-2-3-8-27(26)36-28/h2-8,11-14,17-18,20,25H,9-10,15-16,19H2,1H3,(H,32,34)/b28-18+. The highest BCUT2D eigenvalue weighted by atomic mass is 35.5. The van der Waals surface area contributed by atoms with Crippen molar-refractivity contribution in [2.75, 3.05) is 4.90 Å². The molecule has 184 valence electrons. The van der Waals surface area contributed by atoms with E-state index in [-0.39, 0.29) is 17.9 Å². The first-order valence-corrected chi connectivity index (χ1v) is 13.6. The third kappa shape index (κ3) is 5.69. The van der Waals surface area contributed by atoms with E-state index in [9.17, 15) is 9.59 Å². The minimum atomic E-state index is -0.0491. The van der Waals surface area contributed by atoms with E-state index in [4.69, 9.17) is 11.6 Å². The summed E-state index contributed by atoms with van der Waals surface area (Å²) in [7, 11) is 0. The highest BCUT2D eigenvalue weighted by Crippen LogP contribution is 2.42. The van der Waals surface area contributed by atoms with Crippen LogP contribution in [0.5, 0.6) is 0 Å². The van der Waals surface area contributed by atoms with Gasteiger partial charge in [0, 0.05) is 21.5 Å². The lowest BCUT2D eigenvalue weighted by Gasteiger charge is -2.30. The van der Waals surface area contributed by atoms with E-state index in [1.165, 1.54) is 24.6 Å². The summed E-state index contributed by atoms with van der Waals surface area (Å²) >= 11 is 7.66. The fraction of sp³-hybridized carbons (Fsp3) is 0.267. The lowest BCUT2D eigenvalue weighted by molar-refractivity contribution is -0.114. The van der Waals surface area contributed by atoms with Gasteiger partial charge in [-0.15, -0.1) is 0 Å². The Labute approximate surface area is 221 Å². The van der Waals surface area contributed by atoms with E-state index in [2.05, 4.69) is 12.2 Å². The van der Waals surface area contributed by atoms with Gasteiger partial charge in [0.15, 0.2) is 0 Å². The Morgan fingerprint density at radius 2 is 1.78 bits per heavy atom. The molecule has 5 rings (SSSR count). The lowest BCUT2D eigenvalue weighted by Crippen LogP contribution is -2.37. The smallest absolute Gasteiger partial charge is 0.265 e. The minimum Gasteiger partial charge on any atom is -0.349 e. The molecule has 0 spiro atoms. The van der Waals surface area contributed by atoms with Gasteiger partial charge >= 0.3 is 0 Å². The lowest BCUT2D eigenvalue weighted by atomic mass is 9.87. The molecule has 1 aliphatic carbocycles. The molecule has 6 heteroatoms. The molecule has 1 fully saturated rings. The molecule has 0 radical (unpaired) electrons. The van der Waals surface area contributed by atoms with Crippen molar-refractivity contribution in [2.24, 2.45) is 5.92 Å². The summed E-state index contributed by atoms with van der Waals surface area (Å²) in [5.74, 6) is 0.671. The Bertz CT molecular complexity index is 1300. The fourth-order valence-electron chi connectivity index (χ4n) is 4.79. The summed E-state index contributed by atoms with van der Waals surface area (Å²) in [6, 6.07) is 23.3. The van der Waals surface area contributed by atoms with Crippen LogP contribution >= 0.6 is 23.4 Å². The molecule has 36 heavy (non-hydrogen) atoms. The van der Waals surface area contributed by atoms with E-state index in [1.54, 1.807) is 4.90 Å². The molecule has 1 aliphatic heterocycles. The number of rotatable bonds is 5. The molecule has 0 saturated heterocycles. The first kappa shape index (κ1) is 24.7. The first-order chi connectivity index (χ1) is 17.5. The van der Waals surface area contributed by atoms with Gasteiger partial charge in [-0.1, -0.05) is 66.7 Å². The summed E-state index contributed by atoms with van der Waals surface area (Å²) in [5, 5.41) is 3.83. The van der Waals surface area contributed by atoms with Crippen molar-refractivity contribution >= 4 is 46.9 Å². The highest BCUT2D eigenvalue weighted by molar-refractivity contribution is 8.04. The van der Waals surface area contributed by atoms with Crippen LogP contribution in [-0.4, -0.2) is 17.9 Å². The third-order valence-corrected chi connectivity index (χ3v) is 8.20. The number of amides is 2. The van der Waals surface area contributed by atoms with Crippen LogP contribution in [0.25, 0.3) is 6.08 Å². The van der Waals surface area contributed by atoms with Crippen LogP contribution in [0.3, 0.4) is 0 Å². The van der Waals surface area contributed by atoms with Crippen LogP contribution in [-0.2, 0) is 11.3 Å². The monoisotopic (exact) mass is 516 g/mol. The van der Waals surface area contributed by atoms with Gasteiger partial charge in [-0.2, -0.15) is 0 Å². The van der Waals surface area contributed by atoms with Crippen molar-refractivity contribution in [1.82, 2.24) is 5.32 Å². The highest BCUT2D eigenvalue weighted by Gasteiger charge is 2.29. The number of thioether (sulfide) groups is 1. The molecule has 1 saturated carbocycles. The van der Waals surface area contributed by atoms with Crippen molar-refractivity contribution in [3.8, 4) is 0 Å². The molecule has 4 nitrogen and oxygen atoms in total. The van der Waals surface area contributed by atoms with Crippen molar-refractivity contribution in [1.29, 1.82) is 0 Å². The van der Waals surface area contributed by atoms with Crippen molar-refractivity contribution < 1.29 is 9.59 Å². The predicted octanol–water partition coefficient (Wildman–Crippen LogP) is 7.33. The number of halogens is 1. The van der Waals surface area contributed by atoms with Gasteiger partial charge in [0.25, 0.3) is 11.8 Å². The Kier molecular flexibility index (Phi) is 7.49. The SMILES string of the molecule is CC1CCC(NC(=O)c2ccc(/C=C3/Sc4ccccc4N(Cc4cccc(Cl)c4)C3=O)cc2)CC1. The van der Waals surface area contributed by atoms with Crippen LogP contribution in [0.2, 0.25) is 5.02 Å². The topological polar surface area (TPSA) is 49.4 Å². The van der Waals surface area contributed by atoms with Gasteiger partial charge in [-0.05, 0) is 85.2 Å². The summed E-state index contributed by atoms with van der Waals surface area (Å²) in [5.41, 5.74) is 3.40. The summed E-state index contributed by atoms with van der Waals surface area (Å²) in [6.07, 6.45) is 6.33. The minimum absolute atomic E-state index is 0.0292. The van der Waals surface area contributed by atoms with Crippen molar-refractivity contribution in [3.63, 3.8) is 0 Å². The summed E-state index contributed by atoms with van der Waals surface area (Å²) in [4.78, 5) is 29.7. The Hall–Kier alpha value is -3.02. The number of para-hydroxylation sites is 1. The van der Waals surface area contributed by atoms with Gasteiger partial charge in [-0.25, -0.2) is 0 Å². The zero-order valence-electron chi connectivity index (χ0n) is 20.2. The quantitative estimate of drug-likeness (QED) is 0.361. The summed E-state index contributed by atoms with van der Waals surface area (Å²) in [6.45, 7) is 2.71. The van der Waals surface area contributed by atoms with E-state index >= 15 is 0 Å². The van der Waals surface area contributed by atoms with Gasteiger partial charge in [0.1, 0.15) is 0 Å². The van der Waals surface area contributed by atoms with E-state index in [1.807, 2.05) is 78.9 Å². The average molecular weight is 517 g/mol. The average Bonchev–Trinajstić information content (AvgIpc) is 2.88. The molecular formula is C30H29ClN2O2S. The molecule has 2 amide bonds. The van der Waals surface area contributed by atoms with E-state index in [0.29, 0.717) is 22.0 Å². The second kappa shape index (κ2) is 10.9. The number of hydrogen-bond acceptors (Lipinski definition) is 3. The summed E-state index contributed by atoms with van der Waals surface area (Å²) < 4.78 is 0. The molecule has 0 unspecified atom stereocenters. The molecule has 2 aliphatic rings. The molecule has 1 heterocycles. The molecule has 0 bridgehead atoms. The number of anilines is 1.